The second-order valence-electron chi connectivity index (χ2n) is 7.30. The molecule has 11 heteroatoms. The normalized spacial score (nSPS) is 14.7. The molecule has 0 unspecified atom stereocenters. The van der Waals surface area contributed by atoms with Gasteiger partial charge in [0.05, 0.1) is 15.6 Å². The Morgan fingerprint density at radius 2 is 1.83 bits per heavy atom. The van der Waals surface area contributed by atoms with Crippen molar-refractivity contribution >= 4 is 62.8 Å². The first-order valence-corrected chi connectivity index (χ1v) is 11.2. The van der Waals surface area contributed by atoms with Gasteiger partial charge in [0.1, 0.15) is 17.9 Å². The summed E-state index contributed by atoms with van der Waals surface area (Å²) in [5, 5.41) is 13.4. The monoisotopic (exact) mass is 555 g/mol. The highest BCUT2D eigenvalue weighted by Gasteiger charge is 2.37. The molecule has 9 nitrogen and oxygen atoms in total. The van der Waals surface area contributed by atoms with Gasteiger partial charge in [-0.2, -0.15) is 0 Å². The molecular formula is C24H15BrClN3O6. The SMILES string of the molecule is O=C1NC(=O)N(c2cccc([N+](=O)[O-])c2)C(=O)/C1=C/c1ccc(OCc2ccccc2Br)c(Cl)c1. The number of hydrogen-bond donors (Lipinski definition) is 1. The zero-order valence-corrected chi connectivity index (χ0v) is 20.1. The van der Waals surface area contributed by atoms with Gasteiger partial charge < -0.3 is 4.74 Å². The van der Waals surface area contributed by atoms with Crippen molar-refractivity contribution in [2.24, 2.45) is 0 Å². The Morgan fingerprint density at radius 3 is 2.54 bits per heavy atom. The Kier molecular flexibility index (Phi) is 6.94. The number of nitrogens with zero attached hydrogens (tertiary/aromatic N) is 2. The molecule has 0 radical (unpaired) electrons. The van der Waals surface area contributed by atoms with Gasteiger partial charge in [-0.3, -0.25) is 25.0 Å². The number of ether oxygens (including phenoxy) is 1. The molecule has 1 saturated heterocycles. The Balaban J connectivity index is 1.58. The fourth-order valence-corrected chi connectivity index (χ4v) is 3.94. The molecule has 35 heavy (non-hydrogen) atoms. The van der Waals surface area contributed by atoms with Crippen molar-refractivity contribution in [1.82, 2.24) is 5.32 Å². The van der Waals surface area contributed by atoms with Crippen molar-refractivity contribution in [1.29, 1.82) is 0 Å². The van der Waals surface area contributed by atoms with Crippen LogP contribution in [-0.4, -0.2) is 22.8 Å². The fourth-order valence-electron chi connectivity index (χ4n) is 3.30. The molecule has 1 N–H and O–H groups in total. The highest BCUT2D eigenvalue weighted by molar-refractivity contribution is 9.10. The van der Waals surface area contributed by atoms with Crippen LogP contribution in [0.15, 0.2) is 76.8 Å². The van der Waals surface area contributed by atoms with Crippen molar-refractivity contribution in [2.75, 3.05) is 4.90 Å². The van der Waals surface area contributed by atoms with E-state index < -0.39 is 22.8 Å². The number of non-ortho nitro benzene ring substituents is 1. The van der Waals surface area contributed by atoms with Crippen LogP contribution in [0.25, 0.3) is 6.08 Å². The number of rotatable bonds is 6. The number of carbonyl (C=O) groups is 3. The summed E-state index contributed by atoms with van der Waals surface area (Å²) in [5.74, 6) is -1.42. The molecule has 0 bridgehead atoms. The predicted octanol–water partition coefficient (Wildman–Crippen LogP) is 5.26. The largest absolute Gasteiger partial charge is 0.487 e. The Hall–Kier alpha value is -4.02. The van der Waals surface area contributed by atoms with E-state index in [1.807, 2.05) is 24.3 Å². The first-order valence-electron chi connectivity index (χ1n) is 10.1. The topological polar surface area (TPSA) is 119 Å². The van der Waals surface area contributed by atoms with E-state index in [1.54, 1.807) is 12.1 Å². The number of nitrogens with one attached hydrogen (secondary N) is 1. The molecule has 176 valence electrons. The highest BCUT2D eigenvalue weighted by atomic mass is 79.9. The van der Waals surface area contributed by atoms with Gasteiger partial charge >= 0.3 is 6.03 Å². The second-order valence-corrected chi connectivity index (χ2v) is 8.57. The molecule has 0 saturated carbocycles. The van der Waals surface area contributed by atoms with Crippen LogP contribution in [0.1, 0.15) is 11.1 Å². The third kappa shape index (κ3) is 5.23. The number of halogens is 2. The van der Waals surface area contributed by atoms with Gasteiger partial charge in [-0.25, -0.2) is 9.69 Å². The van der Waals surface area contributed by atoms with Crippen molar-refractivity contribution in [3.63, 3.8) is 0 Å². The van der Waals surface area contributed by atoms with E-state index in [0.717, 1.165) is 16.1 Å². The molecule has 1 fully saturated rings. The number of benzene rings is 3. The minimum absolute atomic E-state index is 0.0473. The second kappa shape index (κ2) is 10.1. The predicted molar refractivity (Wildman–Crippen MR) is 132 cm³/mol. The maximum Gasteiger partial charge on any atom is 0.335 e. The van der Waals surface area contributed by atoms with Crippen LogP contribution in [0.4, 0.5) is 16.2 Å². The quantitative estimate of drug-likeness (QED) is 0.192. The molecule has 0 aliphatic carbocycles. The molecule has 1 heterocycles. The minimum atomic E-state index is -1.01. The van der Waals surface area contributed by atoms with Crippen LogP contribution in [0.5, 0.6) is 5.75 Å². The van der Waals surface area contributed by atoms with E-state index in [-0.39, 0.29) is 28.6 Å². The third-order valence-electron chi connectivity index (χ3n) is 5.01. The third-order valence-corrected chi connectivity index (χ3v) is 6.08. The standard InChI is InChI=1S/C24H15BrClN3O6/c25-19-7-2-1-4-15(19)13-35-21-9-8-14(11-20(21)26)10-18-22(30)27-24(32)28(23(18)31)16-5-3-6-17(12-16)29(33)34/h1-12H,13H2,(H,27,30,32)/b18-10+. The maximum atomic E-state index is 13.0. The van der Waals surface area contributed by atoms with Crippen LogP contribution in [-0.2, 0) is 16.2 Å². The molecule has 3 aromatic carbocycles. The van der Waals surface area contributed by atoms with Crippen molar-refractivity contribution < 1.29 is 24.0 Å². The molecule has 1 aliphatic rings. The lowest BCUT2D eigenvalue weighted by atomic mass is 10.1. The van der Waals surface area contributed by atoms with Crippen molar-refractivity contribution in [3.05, 3.63) is 103 Å². The number of imide groups is 2. The van der Waals surface area contributed by atoms with Gasteiger partial charge in [0, 0.05) is 22.2 Å². The molecule has 1 aliphatic heterocycles. The molecular weight excluding hydrogens is 542 g/mol. The molecule has 0 aromatic heterocycles. The van der Waals surface area contributed by atoms with Gasteiger partial charge in [0.15, 0.2) is 0 Å². The lowest BCUT2D eigenvalue weighted by Gasteiger charge is -2.26. The molecule has 3 aromatic rings. The van der Waals surface area contributed by atoms with Crippen LogP contribution >= 0.6 is 27.5 Å². The number of anilines is 1. The van der Waals surface area contributed by atoms with Gasteiger partial charge in [-0.05, 0) is 35.9 Å². The first-order chi connectivity index (χ1) is 16.7. The lowest BCUT2D eigenvalue weighted by Crippen LogP contribution is -2.54. The van der Waals surface area contributed by atoms with Gasteiger partial charge in [0.25, 0.3) is 17.5 Å². The van der Waals surface area contributed by atoms with E-state index >= 15 is 0 Å². The average Bonchev–Trinajstić information content (AvgIpc) is 2.82. The van der Waals surface area contributed by atoms with Crippen LogP contribution in [0, 0.1) is 10.1 Å². The summed E-state index contributed by atoms with van der Waals surface area (Å²) in [6.07, 6.45) is 1.28. The number of carbonyl (C=O) groups excluding carboxylic acids is 3. The van der Waals surface area contributed by atoms with Crippen molar-refractivity contribution in [2.45, 2.75) is 6.61 Å². The summed E-state index contributed by atoms with van der Waals surface area (Å²) >= 11 is 9.79. The average molecular weight is 557 g/mol. The zero-order valence-electron chi connectivity index (χ0n) is 17.7. The lowest BCUT2D eigenvalue weighted by molar-refractivity contribution is -0.384. The van der Waals surface area contributed by atoms with Crippen LogP contribution in [0.2, 0.25) is 5.02 Å². The number of barbiturate groups is 1. The zero-order chi connectivity index (χ0) is 25.1. The van der Waals surface area contributed by atoms with Gasteiger partial charge in [-0.15, -0.1) is 0 Å². The van der Waals surface area contributed by atoms with Crippen LogP contribution in [0.3, 0.4) is 0 Å². The summed E-state index contributed by atoms with van der Waals surface area (Å²) in [6.45, 7) is 0.267. The smallest absolute Gasteiger partial charge is 0.335 e. The van der Waals surface area contributed by atoms with E-state index in [1.165, 1.54) is 30.3 Å². The summed E-state index contributed by atoms with van der Waals surface area (Å²) in [5.41, 5.74) is 0.638. The molecule has 4 amide bonds. The number of urea groups is 1. The summed E-state index contributed by atoms with van der Waals surface area (Å²) in [7, 11) is 0. The van der Waals surface area contributed by atoms with Gasteiger partial charge in [0.2, 0.25) is 0 Å². The minimum Gasteiger partial charge on any atom is -0.487 e. The molecule has 0 spiro atoms. The van der Waals surface area contributed by atoms with E-state index in [0.29, 0.717) is 16.2 Å². The van der Waals surface area contributed by atoms with Crippen LogP contribution < -0.4 is 15.0 Å². The molecule has 4 rings (SSSR count). The fraction of sp³-hybridized carbons (Fsp3) is 0.0417. The van der Waals surface area contributed by atoms with E-state index in [4.69, 9.17) is 16.3 Å². The Morgan fingerprint density at radius 1 is 1.06 bits per heavy atom. The van der Waals surface area contributed by atoms with Gasteiger partial charge in [-0.1, -0.05) is 57.9 Å². The Bertz CT molecular complexity index is 1410. The number of nitro groups is 1. The summed E-state index contributed by atoms with van der Waals surface area (Å²) in [6, 6.07) is 16.2. The Labute approximate surface area is 212 Å². The first kappa shape index (κ1) is 24.1. The number of amides is 4. The van der Waals surface area contributed by atoms with E-state index in [2.05, 4.69) is 21.2 Å². The molecule has 0 atom stereocenters. The summed E-state index contributed by atoms with van der Waals surface area (Å²) in [4.78, 5) is 48.8. The number of nitro benzene ring substituents is 1. The van der Waals surface area contributed by atoms with Crippen molar-refractivity contribution in [3.8, 4) is 5.75 Å². The van der Waals surface area contributed by atoms with E-state index in [9.17, 15) is 24.5 Å². The number of hydrogen-bond acceptors (Lipinski definition) is 6. The maximum absolute atomic E-state index is 13.0. The summed E-state index contributed by atoms with van der Waals surface area (Å²) < 4.78 is 6.66. The highest BCUT2D eigenvalue weighted by Crippen LogP contribution is 2.30.